The molecule has 2 saturated heterocycles. The minimum absolute atomic E-state index is 0.0217. The highest BCUT2D eigenvalue weighted by Gasteiger charge is 2.36. The average Bonchev–Trinajstić information content (AvgIpc) is 2.69. The van der Waals surface area contributed by atoms with Crippen LogP contribution in [0.15, 0.2) is 0 Å². The van der Waals surface area contributed by atoms with E-state index in [1.54, 1.807) is 16.7 Å². The number of hydrogen-bond acceptors (Lipinski definition) is 3. The third kappa shape index (κ3) is 3.59. The molecule has 2 fully saturated rings. The number of urea groups is 1. The number of carbonyl (C=O) groups is 2. The summed E-state index contributed by atoms with van der Waals surface area (Å²) in [5, 5.41) is 18.6. The average molecular weight is 270 g/mol. The molecule has 0 aromatic heterocycles. The number of likely N-dealkylation sites (tertiary alicyclic amines) is 2. The van der Waals surface area contributed by atoms with Crippen molar-refractivity contribution in [3.05, 3.63) is 0 Å². The van der Waals surface area contributed by atoms with Crippen LogP contribution in [-0.2, 0) is 4.79 Å². The topological polar surface area (TPSA) is 81.1 Å². The number of aliphatic hydroxyl groups is 1. The predicted octanol–water partition coefficient (Wildman–Crippen LogP) is 0.750. The largest absolute Gasteiger partial charge is 0.481 e. The minimum atomic E-state index is -0.767. The number of amides is 2. The molecule has 0 radical (unpaired) electrons. The van der Waals surface area contributed by atoms with Crippen molar-refractivity contribution in [2.45, 2.75) is 38.2 Å². The van der Waals surface area contributed by atoms with Gasteiger partial charge in [-0.25, -0.2) is 4.79 Å². The normalized spacial score (nSPS) is 28.7. The Morgan fingerprint density at radius 3 is 2.32 bits per heavy atom. The van der Waals surface area contributed by atoms with Crippen molar-refractivity contribution >= 4 is 12.0 Å². The van der Waals surface area contributed by atoms with Crippen molar-refractivity contribution in [2.24, 2.45) is 5.92 Å². The lowest BCUT2D eigenvalue weighted by Gasteiger charge is -2.34. The zero-order valence-corrected chi connectivity index (χ0v) is 11.3. The maximum absolute atomic E-state index is 12.2. The van der Waals surface area contributed by atoms with Crippen LogP contribution < -0.4 is 0 Å². The highest BCUT2D eigenvalue weighted by Crippen LogP contribution is 2.25. The number of piperidine rings is 1. The van der Waals surface area contributed by atoms with E-state index in [4.69, 9.17) is 5.11 Å². The summed E-state index contributed by atoms with van der Waals surface area (Å²) in [4.78, 5) is 26.4. The van der Waals surface area contributed by atoms with Gasteiger partial charge in [0.05, 0.1) is 12.1 Å². The second kappa shape index (κ2) is 5.36. The molecule has 6 nitrogen and oxygen atoms in total. The van der Waals surface area contributed by atoms with Gasteiger partial charge < -0.3 is 20.0 Å². The standard InChI is InChI=1S/C13H22N2O4/c1-13(19)4-7-15(9-13)12(18)14-5-2-10(3-6-14)8-11(16)17/h10,19H,2-9H2,1H3,(H,16,17). The molecule has 2 heterocycles. The SMILES string of the molecule is CC1(O)CCN(C(=O)N2CCC(CC(=O)O)CC2)C1. The number of carbonyl (C=O) groups excluding carboxylic acids is 1. The Bertz CT molecular complexity index is 362. The molecule has 19 heavy (non-hydrogen) atoms. The molecule has 0 spiro atoms. The molecule has 2 aliphatic heterocycles. The van der Waals surface area contributed by atoms with Crippen LogP contribution in [0.1, 0.15) is 32.6 Å². The number of aliphatic carboxylic acids is 1. The summed E-state index contributed by atoms with van der Waals surface area (Å²) in [6, 6.07) is -0.0217. The van der Waals surface area contributed by atoms with Crippen molar-refractivity contribution in [1.82, 2.24) is 9.80 Å². The fraction of sp³-hybridized carbons (Fsp3) is 0.846. The Morgan fingerprint density at radius 2 is 1.84 bits per heavy atom. The van der Waals surface area contributed by atoms with Crippen LogP contribution in [0.3, 0.4) is 0 Å². The van der Waals surface area contributed by atoms with Crippen molar-refractivity contribution in [3.8, 4) is 0 Å². The monoisotopic (exact) mass is 270 g/mol. The van der Waals surface area contributed by atoms with Crippen LogP contribution in [0.4, 0.5) is 4.79 Å². The van der Waals surface area contributed by atoms with E-state index in [2.05, 4.69) is 0 Å². The fourth-order valence-electron chi connectivity index (χ4n) is 2.88. The quantitative estimate of drug-likeness (QED) is 0.776. The summed E-state index contributed by atoms with van der Waals surface area (Å²) in [5.41, 5.74) is -0.767. The highest BCUT2D eigenvalue weighted by atomic mass is 16.4. The van der Waals surface area contributed by atoms with Gasteiger partial charge in [0.1, 0.15) is 0 Å². The lowest BCUT2D eigenvalue weighted by molar-refractivity contribution is -0.138. The molecule has 2 aliphatic rings. The van der Waals surface area contributed by atoms with Crippen LogP contribution in [-0.4, -0.2) is 63.8 Å². The lowest BCUT2D eigenvalue weighted by atomic mass is 9.94. The van der Waals surface area contributed by atoms with Gasteiger partial charge in [-0.05, 0) is 32.1 Å². The fourth-order valence-corrected chi connectivity index (χ4v) is 2.88. The van der Waals surface area contributed by atoms with E-state index < -0.39 is 11.6 Å². The van der Waals surface area contributed by atoms with Crippen molar-refractivity contribution in [3.63, 3.8) is 0 Å². The molecule has 2 amide bonds. The van der Waals surface area contributed by atoms with Gasteiger partial charge in [0.25, 0.3) is 0 Å². The van der Waals surface area contributed by atoms with E-state index in [1.165, 1.54) is 0 Å². The van der Waals surface area contributed by atoms with E-state index in [0.717, 1.165) is 12.8 Å². The molecule has 0 bridgehead atoms. The molecule has 0 aromatic carbocycles. The number of nitrogens with zero attached hydrogens (tertiary/aromatic N) is 2. The summed E-state index contributed by atoms with van der Waals surface area (Å²) < 4.78 is 0. The van der Waals surface area contributed by atoms with Gasteiger partial charge in [-0.2, -0.15) is 0 Å². The van der Waals surface area contributed by atoms with E-state index in [1.807, 2.05) is 0 Å². The summed E-state index contributed by atoms with van der Waals surface area (Å²) >= 11 is 0. The first kappa shape index (κ1) is 14.1. The molecule has 1 unspecified atom stereocenters. The molecule has 1 atom stereocenters. The van der Waals surface area contributed by atoms with Crippen LogP contribution in [0, 0.1) is 5.92 Å². The Morgan fingerprint density at radius 1 is 1.21 bits per heavy atom. The Kier molecular flexibility index (Phi) is 3.99. The van der Waals surface area contributed by atoms with E-state index in [-0.39, 0.29) is 18.4 Å². The summed E-state index contributed by atoms with van der Waals surface area (Å²) in [6.45, 7) is 3.98. The van der Waals surface area contributed by atoms with Gasteiger partial charge in [0.2, 0.25) is 0 Å². The molecular weight excluding hydrogens is 248 g/mol. The van der Waals surface area contributed by atoms with Crippen molar-refractivity contribution in [1.29, 1.82) is 0 Å². The maximum Gasteiger partial charge on any atom is 0.320 e. The minimum Gasteiger partial charge on any atom is -0.481 e. The number of rotatable bonds is 2. The number of hydrogen-bond donors (Lipinski definition) is 2. The summed E-state index contributed by atoms with van der Waals surface area (Å²) in [6.07, 6.45) is 2.32. The predicted molar refractivity (Wildman–Crippen MR) is 68.8 cm³/mol. The second-order valence-electron chi connectivity index (χ2n) is 5.98. The van der Waals surface area contributed by atoms with Crippen molar-refractivity contribution in [2.75, 3.05) is 26.2 Å². The van der Waals surface area contributed by atoms with Crippen LogP contribution in [0.5, 0.6) is 0 Å². The van der Waals surface area contributed by atoms with Gasteiger partial charge >= 0.3 is 12.0 Å². The third-order valence-electron chi connectivity index (χ3n) is 4.07. The van der Waals surface area contributed by atoms with Gasteiger partial charge in [0.15, 0.2) is 0 Å². The molecular formula is C13H22N2O4. The Balaban J connectivity index is 1.81. The Labute approximate surface area is 113 Å². The smallest absolute Gasteiger partial charge is 0.320 e. The second-order valence-corrected chi connectivity index (χ2v) is 5.98. The molecule has 0 aromatic rings. The Hall–Kier alpha value is -1.30. The third-order valence-corrected chi connectivity index (χ3v) is 4.07. The first-order chi connectivity index (χ1) is 8.87. The van der Waals surface area contributed by atoms with Crippen LogP contribution in [0.2, 0.25) is 0 Å². The zero-order chi connectivity index (χ0) is 14.0. The first-order valence-electron chi connectivity index (χ1n) is 6.85. The van der Waals surface area contributed by atoms with Gasteiger partial charge in [-0.15, -0.1) is 0 Å². The highest BCUT2D eigenvalue weighted by molar-refractivity contribution is 5.75. The molecule has 108 valence electrons. The first-order valence-corrected chi connectivity index (χ1v) is 6.85. The van der Waals surface area contributed by atoms with Gasteiger partial charge in [-0.1, -0.05) is 0 Å². The van der Waals surface area contributed by atoms with Gasteiger partial charge in [-0.3, -0.25) is 4.79 Å². The zero-order valence-electron chi connectivity index (χ0n) is 11.3. The molecule has 6 heteroatoms. The van der Waals surface area contributed by atoms with Crippen molar-refractivity contribution < 1.29 is 19.8 Å². The van der Waals surface area contributed by atoms with Gasteiger partial charge in [0, 0.05) is 26.1 Å². The summed E-state index contributed by atoms with van der Waals surface area (Å²) in [7, 11) is 0. The van der Waals surface area contributed by atoms with E-state index in [9.17, 15) is 14.7 Å². The molecule has 2 rings (SSSR count). The van der Waals surface area contributed by atoms with E-state index in [0.29, 0.717) is 32.6 Å². The van der Waals surface area contributed by atoms with Crippen LogP contribution in [0.25, 0.3) is 0 Å². The lowest BCUT2D eigenvalue weighted by Crippen LogP contribution is -2.47. The number of carboxylic acids is 1. The maximum atomic E-state index is 12.2. The molecule has 0 aliphatic carbocycles. The van der Waals surface area contributed by atoms with Crippen LogP contribution >= 0.6 is 0 Å². The summed E-state index contributed by atoms with van der Waals surface area (Å²) in [5.74, 6) is -0.580. The number of carboxylic acid groups (broad SMARTS) is 1. The molecule has 0 saturated carbocycles. The molecule has 2 N–H and O–H groups in total. The number of β-amino-alcohol motifs (C(OH)–C–C–N with tert-alkyl or cyclic N) is 1. The van der Waals surface area contributed by atoms with E-state index >= 15 is 0 Å².